The number of aromatic nitrogens is 1. The van der Waals surface area contributed by atoms with Gasteiger partial charge >= 0.3 is 5.97 Å². The topological polar surface area (TPSA) is 68.7 Å². The van der Waals surface area contributed by atoms with E-state index in [1.54, 1.807) is 19.2 Å². The summed E-state index contributed by atoms with van der Waals surface area (Å²) < 4.78 is 31.3. The lowest BCUT2D eigenvalue weighted by atomic mass is 9.81. The zero-order chi connectivity index (χ0) is 26.2. The summed E-state index contributed by atoms with van der Waals surface area (Å²) in [5.74, 6) is 0.594. The molecule has 2 aliphatic rings. The van der Waals surface area contributed by atoms with Crippen molar-refractivity contribution in [2.75, 3.05) is 7.11 Å². The third kappa shape index (κ3) is 5.91. The number of allylic oxidation sites excluding steroid dienone is 2. The van der Waals surface area contributed by atoms with Crippen LogP contribution in [0.3, 0.4) is 0 Å². The molecular formula is C30H34FNO4S2. The van der Waals surface area contributed by atoms with Gasteiger partial charge in [0.25, 0.3) is 0 Å². The number of ether oxygens (including phenoxy) is 2. The zero-order valence-corrected chi connectivity index (χ0v) is 23.7. The Morgan fingerprint density at radius 2 is 2.00 bits per heavy atom. The van der Waals surface area contributed by atoms with Crippen LogP contribution in [-0.2, 0) is 11.4 Å². The Bertz CT molecular complexity index is 1350. The number of halogens is 1. The normalized spacial score (nSPS) is 16.9. The minimum atomic E-state index is -0.776. The van der Waals surface area contributed by atoms with Crippen LogP contribution in [0.5, 0.6) is 11.5 Å². The van der Waals surface area contributed by atoms with Crippen LogP contribution in [0.25, 0.3) is 16.8 Å². The number of carbonyl (C=O) groups is 1. The fraction of sp³-hybridized carbons (Fsp3) is 0.400. The molecule has 0 saturated heterocycles. The number of carboxylic acids is 1. The second-order valence-corrected chi connectivity index (χ2v) is 11.5. The van der Waals surface area contributed by atoms with E-state index in [2.05, 4.69) is 19.9 Å². The molecule has 1 heterocycles. The molecule has 5 nitrogen and oxygen atoms in total. The molecule has 202 valence electrons. The molecule has 1 aromatic heterocycles. The van der Waals surface area contributed by atoms with Gasteiger partial charge in [0.05, 0.1) is 24.1 Å². The molecular weight excluding hydrogens is 521 g/mol. The van der Waals surface area contributed by atoms with Gasteiger partial charge in [0.1, 0.15) is 23.9 Å². The number of benzene rings is 2. The second kappa shape index (κ2) is 11.5. The molecule has 5 rings (SSSR count). The Labute approximate surface area is 234 Å². The molecule has 0 bridgehead atoms. The van der Waals surface area contributed by atoms with Gasteiger partial charge in [-0.1, -0.05) is 32.1 Å². The van der Waals surface area contributed by atoms with Crippen molar-refractivity contribution in [2.24, 2.45) is 11.3 Å². The van der Waals surface area contributed by atoms with Crippen molar-refractivity contribution in [2.45, 2.75) is 58.5 Å². The predicted octanol–water partition coefficient (Wildman–Crippen LogP) is 7.82. The van der Waals surface area contributed by atoms with E-state index in [9.17, 15) is 9.90 Å². The molecule has 3 aromatic rings. The Hall–Kier alpha value is -2.84. The summed E-state index contributed by atoms with van der Waals surface area (Å²) in [5, 5.41) is 9.39. The molecule has 0 amide bonds. The van der Waals surface area contributed by atoms with Gasteiger partial charge in [-0.3, -0.25) is 4.79 Å². The van der Waals surface area contributed by atoms with E-state index in [-0.39, 0.29) is 37.1 Å². The van der Waals surface area contributed by atoms with Crippen molar-refractivity contribution in [1.82, 2.24) is 4.37 Å². The molecule has 0 unspecified atom stereocenters. The van der Waals surface area contributed by atoms with Crippen molar-refractivity contribution in [3.8, 4) is 22.8 Å². The minimum absolute atomic E-state index is 0. The molecule has 0 radical (unpaired) electrons. The first-order valence-corrected chi connectivity index (χ1v) is 13.5. The van der Waals surface area contributed by atoms with Crippen LogP contribution >= 0.6 is 25.0 Å². The van der Waals surface area contributed by atoms with Gasteiger partial charge in [-0.15, -0.1) is 0 Å². The molecule has 0 aliphatic heterocycles. The monoisotopic (exact) mass is 555 g/mol. The number of hydrogen-bond donors (Lipinski definition) is 1. The highest BCUT2D eigenvalue weighted by Gasteiger charge is 2.35. The summed E-state index contributed by atoms with van der Waals surface area (Å²) in [4.78, 5) is 12.4. The fourth-order valence-corrected chi connectivity index (χ4v) is 6.15. The number of methoxy groups -OCH3 is 1. The Morgan fingerprint density at radius 3 is 2.66 bits per heavy atom. The van der Waals surface area contributed by atoms with Crippen LogP contribution < -0.4 is 9.47 Å². The van der Waals surface area contributed by atoms with Crippen LogP contribution in [0.15, 0.2) is 48.5 Å². The maximum Gasteiger partial charge on any atom is 0.303 e. The number of aliphatic carboxylic acids is 1. The number of rotatable bonds is 10. The first-order valence-electron chi connectivity index (χ1n) is 12.7. The number of nitrogens with zero attached hydrogens (tertiary/aromatic N) is 1. The molecule has 2 aliphatic carbocycles. The van der Waals surface area contributed by atoms with Gasteiger partial charge in [-0.05, 0) is 95.9 Å². The maximum absolute atomic E-state index is 15.0. The quantitative estimate of drug-likeness (QED) is 0.276. The van der Waals surface area contributed by atoms with E-state index in [0.717, 1.165) is 41.7 Å². The van der Waals surface area contributed by atoms with E-state index in [4.69, 9.17) is 13.8 Å². The first kappa shape index (κ1) is 28.2. The van der Waals surface area contributed by atoms with Crippen molar-refractivity contribution in [3.63, 3.8) is 0 Å². The Kier molecular flexibility index (Phi) is 8.52. The van der Waals surface area contributed by atoms with Crippen molar-refractivity contribution < 1.29 is 23.8 Å². The lowest BCUT2D eigenvalue weighted by Gasteiger charge is -2.24. The zero-order valence-electron chi connectivity index (χ0n) is 21.9. The fourth-order valence-electron chi connectivity index (χ4n) is 5.35. The molecule has 1 atom stereocenters. The molecule has 1 saturated carbocycles. The van der Waals surface area contributed by atoms with E-state index in [0.29, 0.717) is 35.3 Å². The number of hydrogen-bond acceptors (Lipinski definition) is 5. The predicted molar refractivity (Wildman–Crippen MR) is 154 cm³/mol. The highest BCUT2D eigenvalue weighted by Crippen LogP contribution is 2.49. The third-order valence-electron chi connectivity index (χ3n) is 7.55. The lowest BCUT2D eigenvalue weighted by Crippen LogP contribution is -2.11. The average molecular weight is 556 g/mol. The van der Waals surface area contributed by atoms with Gasteiger partial charge in [0.2, 0.25) is 0 Å². The molecule has 1 N–H and O–H groups in total. The van der Waals surface area contributed by atoms with Crippen LogP contribution in [0.1, 0.15) is 67.9 Å². The summed E-state index contributed by atoms with van der Waals surface area (Å²) in [5.41, 5.74) is 4.09. The standard InChI is InChI=1S/C30H32FNO4S.H2S/c1-30(2)13-5-8-24(30)28-26(37-32-29(28)23-15-20(35-3)11-12-25(23)31)17-36-21-7-4-6-19(14-21)22(16-27(33)34)18-9-10-18;/h4,6-8,11-12,14-15,18,22H,5,9-10,13,16-17H2,1-3H3,(H,33,34);1H2/t22-;/m0./s1. The van der Waals surface area contributed by atoms with Crippen molar-refractivity contribution >= 4 is 36.6 Å². The first-order chi connectivity index (χ1) is 17.8. The van der Waals surface area contributed by atoms with Gasteiger partial charge < -0.3 is 14.6 Å². The molecule has 8 heteroatoms. The highest BCUT2D eigenvalue weighted by atomic mass is 32.1. The Balaban J connectivity index is 0.00000336. The summed E-state index contributed by atoms with van der Waals surface area (Å²) in [6.45, 7) is 4.72. The summed E-state index contributed by atoms with van der Waals surface area (Å²) >= 11 is 1.33. The van der Waals surface area contributed by atoms with E-state index < -0.39 is 5.97 Å². The van der Waals surface area contributed by atoms with Crippen LogP contribution in [0.4, 0.5) is 4.39 Å². The summed E-state index contributed by atoms with van der Waals surface area (Å²) in [6, 6.07) is 12.5. The van der Waals surface area contributed by atoms with Crippen molar-refractivity contribution in [3.05, 3.63) is 70.4 Å². The third-order valence-corrected chi connectivity index (χ3v) is 8.37. The van der Waals surface area contributed by atoms with Crippen LogP contribution in [-0.4, -0.2) is 22.6 Å². The van der Waals surface area contributed by atoms with E-state index in [1.807, 2.05) is 24.3 Å². The minimum Gasteiger partial charge on any atom is -0.497 e. The molecule has 38 heavy (non-hydrogen) atoms. The van der Waals surface area contributed by atoms with Gasteiger partial charge in [-0.2, -0.15) is 17.9 Å². The molecule has 0 spiro atoms. The summed E-state index contributed by atoms with van der Waals surface area (Å²) in [7, 11) is 1.57. The number of carboxylic acid groups (broad SMARTS) is 1. The molecule has 1 fully saturated rings. The smallest absolute Gasteiger partial charge is 0.303 e. The molecule has 2 aromatic carbocycles. The van der Waals surface area contributed by atoms with E-state index in [1.165, 1.54) is 23.2 Å². The van der Waals surface area contributed by atoms with Crippen LogP contribution in [0.2, 0.25) is 0 Å². The van der Waals surface area contributed by atoms with Crippen LogP contribution in [0, 0.1) is 17.2 Å². The second-order valence-electron chi connectivity index (χ2n) is 10.6. The largest absolute Gasteiger partial charge is 0.497 e. The van der Waals surface area contributed by atoms with Gasteiger partial charge in [0, 0.05) is 11.1 Å². The van der Waals surface area contributed by atoms with E-state index >= 15 is 4.39 Å². The maximum atomic E-state index is 15.0. The lowest BCUT2D eigenvalue weighted by molar-refractivity contribution is -0.137. The highest BCUT2D eigenvalue weighted by molar-refractivity contribution is 7.59. The van der Waals surface area contributed by atoms with Crippen molar-refractivity contribution in [1.29, 1.82) is 0 Å². The van der Waals surface area contributed by atoms with Gasteiger partial charge in [-0.25, -0.2) is 4.39 Å². The average Bonchev–Trinajstić information content (AvgIpc) is 3.54. The van der Waals surface area contributed by atoms with Gasteiger partial charge in [0.15, 0.2) is 0 Å². The SMILES string of the molecule is COc1ccc(F)c(-c2nsc(COc3cccc([C@@H](CC(=O)O)C4CC4)c3)c2C2=CCCC2(C)C)c1.S. The Morgan fingerprint density at radius 1 is 1.21 bits per heavy atom. The summed E-state index contributed by atoms with van der Waals surface area (Å²) in [6.07, 6.45) is 6.50.